The highest BCUT2D eigenvalue weighted by molar-refractivity contribution is 5.93. The van der Waals surface area contributed by atoms with Crippen LogP contribution in [0.4, 0.5) is 0 Å². The quantitative estimate of drug-likeness (QED) is 0.815. The van der Waals surface area contributed by atoms with Gasteiger partial charge in [-0.2, -0.15) is 0 Å². The molecule has 1 aliphatic heterocycles. The number of hydrogen-bond donors (Lipinski definition) is 2. The Labute approximate surface area is 111 Å². The molecule has 1 amide bonds. The van der Waals surface area contributed by atoms with Gasteiger partial charge in [-0.05, 0) is 25.8 Å². The molecule has 0 bridgehead atoms. The van der Waals surface area contributed by atoms with E-state index in [2.05, 4.69) is 5.32 Å². The van der Waals surface area contributed by atoms with E-state index in [9.17, 15) is 9.59 Å². The number of amides is 1. The molecule has 0 saturated heterocycles. The van der Waals surface area contributed by atoms with Crippen molar-refractivity contribution < 1.29 is 19.4 Å². The van der Waals surface area contributed by atoms with Crippen molar-refractivity contribution in [3.05, 3.63) is 29.3 Å². The molecule has 1 aliphatic rings. The molecule has 1 unspecified atom stereocenters. The molecule has 2 N–H and O–H groups in total. The molecular weight excluding hydrogens is 246 g/mol. The van der Waals surface area contributed by atoms with Gasteiger partial charge in [0.2, 0.25) is 5.91 Å². The number of carbonyl (C=O) groups is 2. The van der Waals surface area contributed by atoms with Crippen LogP contribution in [0.3, 0.4) is 0 Å². The number of fused-ring (bicyclic) bond motifs is 1. The average molecular weight is 263 g/mol. The van der Waals surface area contributed by atoms with Crippen molar-refractivity contribution >= 4 is 11.9 Å². The lowest BCUT2D eigenvalue weighted by Gasteiger charge is -2.18. The van der Waals surface area contributed by atoms with Crippen LogP contribution in [0, 0.1) is 6.92 Å². The van der Waals surface area contributed by atoms with Crippen molar-refractivity contribution in [2.75, 3.05) is 6.61 Å². The molecule has 5 heteroatoms. The van der Waals surface area contributed by atoms with Gasteiger partial charge in [-0.15, -0.1) is 0 Å². The van der Waals surface area contributed by atoms with E-state index in [-0.39, 0.29) is 6.04 Å². The summed E-state index contributed by atoms with van der Waals surface area (Å²) in [5, 5.41) is 11.4. The van der Waals surface area contributed by atoms with Crippen LogP contribution in [0.5, 0.6) is 5.75 Å². The Morgan fingerprint density at radius 1 is 1.47 bits per heavy atom. The molecule has 0 aromatic heterocycles. The second kappa shape index (κ2) is 5.73. The van der Waals surface area contributed by atoms with Crippen molar-refractivity contribution in [1.82, 2.24) is 5.32 Å². The van der Waals surface area contributed by atoms with Gasteiger partial charge in [0.1, 0.15) is 12.2 Å². The fraction of sp³-hybridized carbons (Fsp3) is 0.429. The molecule has 5 nitrogen and oxygen atoms in total. The van der Waals surface area contributed by atoms with E-state index in [0.29, 0.717) is 6.61 Å². The van der Waals surface area contributed by atoms with Gasteiger partial charge in [-0.25, -0.2) is 0 Å². The Hall–Kier alpha value is -2.04. The number of carboxylic acids is 1. The van der Waals surface area contributed by atoms with Crippen LogP contribution in [0.15, 0.2) is 18.2 Å². The Balaban J connectivity index is 2.19. The lowest BCUT2D eigenvalue weighted by atomic mass is 10.00. The number of rotatable bonds is 3. The third kappa shape index (κ3) is 3.47. The minimum atomic E-state index is -1.12. The Morgan fingerprint density at radius 3 is 3.00 bits per heavy atom. The molecule has 1 aromatic rings. The third-order valence-corrected chi connectivity index (χ3v) is 3.08. The molecule has 1 heterocycles. The Kier molecular flexibility index (Phi) is 4.04. The van der Waals surface area contributed by atoms with Gasteiger partial charge >= 0.3 is 5.97 Å². The normalized spacial score (nSPS) is 17.8. The molecule has 19 heavy (non-hydrogen) atoms. The first-order chi connectivity index (χ1) is 9.06. The zero-order chi connectivity index (χ0) is 13.8. The summed E-state index contributed by atoms with van der Waals surface area (Å²) in [5.74, 6) is -0.817. The smallest absolute Gasteiger partial charge is 0.312 e. The molecule has 1 atom stereocenters. The fourth-order valence-corrected chi connectivity index (χ4v) is 2.23. The highest BCUT2D eigenvalue weighted by Crippen LogP contribution is 2.32. The number of aliphatic carboxylic acids is 1. The van der Waals surface area contributed by atoms with Crippen molar-refractivity contribution in [1.29, 1.82) is 0 Å². The van der Waals surface area contributed by atoms with E-state index >= 15 is 0 Å². The predicted molar refractivity (Wildman–Crippen MR) is 69.0 cm³/mol. The SMILES string of the molecule is Cc1ccc2c(c1)C(NC(=O)CC(=O)O)CCCO2. The zero-order valence-electron chi connectivity index (χ0n) is 10.8. The van der Waals surface area contributed by atoms with Crippen LogP contribution in [-0.2, 0) is 9.59 Å². The maximum atomic E-state index is 11.6. The lowest BCUT2D eigenvalue weighted by Crippen LogP contribution is -2.30. The summed E-state index contributed by atoms with van der Waals surface area (Å²) in [6, 6.07) is 5.66. The number of hydrogen-bond acceptors (Lipinski definition) is 3. The second-order valence-corrected chi connectivity index (χ2v) is 4.72. The van der Waals surface area contributed by atoms with E-state index in [0.717, 1.165) is 29.7 Å². The van der Waals surface area contributed by atoms with E-state index in [1.165, 1.54) is 0 Å². The van der Waals surface area contributed by atoms with E-state index < -0.39 is 18.3 Å². The summed E-state index contributed by atoms with van der Waals surface area (Å²) in [7, 11) is 0. The minimum Gasteiger partial charge on any atom is -0.493 e. The number of ether oxygens (including phenoxy) is 1. The second-order valence-electron chi connectivity index (χ2n) is 4.72. The average Bonchev–Trinajstić information content (AvgIpc) is 2.51. The van der Waals surface area contributed by atoms with E-state index in [1.807, 2.05) is 25.1 Å². The summed E-state index contributed by atoms with van der Waals surface area (Å²) < 4.78 is 5.63. The minimum absolute atomic E-state index is 0.177. The molecule has 2 rings (SSSR count). The topological polar surface area (TPSA) is 75.6 Å². The fourth-order valence-electron chi connectivity index (χ4n) is 2.23. The molecule has 0 radical (unpaired) electrons. The molecule has 0 aliphatic carbocycles. The van der Waals surface area contributed by atoms with E-state index in [1.54, 1.807) is 0 Å². The van der Waals surface area contributed by atoms with Gasteiger partial charge in [0.15, 0.2) is 0 Å². The van der Waals surface area contributed by atoms with Crippen LogP contribution in [0.1, 0.15) is 36.4 Å². The number of aryl methyl sites for hydroxylation is 1. The monoisotopic (exact) mass is 263 g/mol. The predicted octanol–water partition coefficient (Wildman–Crippen LogP) is 1.80. The standard InChI is InChI=1S/C14H17NO4/c1-9-4-5-12-10(7-9)11(3-2-6-19-12)15-13(16)8-14(17)18/h4-5,7,11H,2-3,6,8H2,1H3,(H,15,16)(H,17,18). The number of benzene rings is 1. The van der Waals surface area contributed by atoms with E-state index in [4.69, 9.17) is 9.84 Å². The maximum absolute atomic E-state index is 11.6. The molecular formula is C14H17NO4. The van der Waals surface area contributed by atoms with Gasteiger partial charge in [0.25, 0.3) is 0 Å². The zero-order valence-corrected chi connectivity index (χ0v) is 10.8. The molecule has 0 spiro atoms. The molecule has 0 saturated carbocycles. The summed E-state index contributed by atoms with van der Waals surface area (Å²) in [6.07, 6.45) is 1.08. The lowest BCUT2D eigenvalue weighted by molar-refractivity contribution is -0.140. The first kappa shape index (κ1) is 13.4. The van der Waals surface area contributed by atoms with Crippen LogP contribution in [-0.4, -0.2) is 23.6 Å². The summed E-state index contributed by atoms with van der Waals surface area (Å²) in [6.45, 7) is 2.59. The number of carboxylic acid groups (broad SMARTS) is 1. The van der Waals surface area contributed by atoms with Crippen molar-refractivity contribution in [2.45, 2.75) is 32.2 Å². The van der Waals surface area contributed by atoms with Crippen LogP contribution >= 0.6 is 0 Å². The summed E-state index contributed by atoms with van der Waals surface area (Å²) in [4.78, 5) is 22.1. The molecule has 1 aromatic carbocycles. The van der Waals surface area contributed by atoms with Crippen LogP contribution < -0.4 is 10.1 Å². The van der Waals surface area contributed by atoms with Gasteiger partial charge in [0.05, 0.1) is 12.6 Å². The van der Waals surface area contributed by atoms with Gasteiger partial charge in [-0.1, -0.05) is 17.7 Å². The maximum Gasteiger partial charge on any atom is 0.312 e. The van der Waals surface area contributed by atoms with Crippen LogP contribution in [0.25, 0.3) is 0 Å². The van der Waals surface area contributed by atoms with Crippen molar-refractivity contribution in [3.63, 3.8) is 0 Å². The first-order valence-electron chi connectivity index (χ1n) is 6.31. The highest BCUT2D eigenvalue weighted by Gasteiger charge is 2.22. The Morgan fingerprint density at radius 2 is 2.26 bits per heavy atom. The first-order valence-corrected chi connectivity index (χ1v) is 6.31. The van der Waals surface area contributed by atoms with Crippen molar-refractivity contribution in [3.8, 4) is 5.75 Å². The largest absolute Gasteiger partial charge is 0.493 e. The van der Waals surface area contributed by atoms with Crippen molar-refractivity contribution in [2.24, 2.45) is 0 Å². The van der Waals surface area contributed by atoms with Gasteiger partial charge in [0, 0.05) is 5.56 Å². The summed E-state index contributed by atoms with van der Waals surface area (Å²) in [5.41, 5.74) is 2.01. The summed E-state index contributed by atoms with van der Waals surface area (Å²) >= 11 is 0. The Bertz CT molecular complexity index is 498. The highest BCUT2D eigenvalue weighted by atomic mass is 16.5. The van der Waals surface area contributed by atoms with Gasteiger partial charge in [-0.3, -0.25) is 9.59 Å². The molecule has 0 fully saturated rings. The third-order valence-electron chi connectivity index (χ3n) is 3.08. The molecule has 102 valence electrons. The number of carbonyl (C=O) groups excluding carboxylic acids is 1. The van der Waals surface area contributed by atoms with Crippen LogP contribution in [0.2, 0.25) is 0 Å². The number of nitrogens with one attached hydrogen (secondary N) is 1. The van der Waals surface area contributed by atoms with Gasteiger partial charge < -0.3 is 15.2 Å².